The van der Waals surface area contributed by atoms with E-state index < -0.39 is 0 Å². The van der Waals surface area contributed by atoms with Gasteiger partial charge in [-0.3, -0.25) is 4.79 Å². The minimum Gasteiger partial charge on any atom is -0.350 e. The first kappa shape index (κ1) is 13.5. The monoisotopic (exact) mass is 277 g/mol. The van der Waals surface area contributed by atoms with Crippen LogP contribution < -0.4 is 10.6 Å². The first-order valence-corrected chi connectivity index (χ1v) is 7.25. The van der Waals surface area contributed by atoms with E-state index in [2.05, 4.69) is 48.6 Å². The smallest absolute Gasteiger partial charge is 0.273 e. The number of hydrogen-bond acceptors (Lipinski definition) is 4. The van der Waals surface area contributed by atoms with Gasteiger partial charge in [-0.15, -0.1) is 5.10 Å². The molecule has 6 nitrogen and oxygen atoms in total. The van der Waals surface area contributed by atoms with E-state index in [9.17, 15) is 4.79 Å². The van der Waals surface area contributed by atoms with Gasteiger partial charge in [0.25, 0.3) is 5.91 Å². The molecule has 1 aliphatic carbocycles. The molecule has 3 rings (SSSR count). The van der Waals surface area contributed by atoms with Gasteiger partial charge in [-0.25, -0.2) is 4.68 Å². The molecule has 0 aromatic carbocycles. The molecule has 2 heterocycles. The van der Waals surface area contributed by atoms with Crippen molar-refractivity contribution in [3.63, 3.8) is 0 Å². The maximum absolute atomic E-state index is 12.1. The van der Waals surface area contributed by atoms with E-state index in [1.165, 1.54) is 0 Å². The Bertz CT molecular complexity index is 515. The number of nitrogens with zero attached hydrogens (tertiary/aromatic N) is 3. The van der Waals surface area contributed by atoms with E-state index in [1.807, 2.05) is 0 Å². The lowest BCUT2D eigenvalue weighted by Gasteiger charge is -2.26. The van der Waals surface area contributed by atoms with Crippen LogP contribution in [0, 0.1) is 16.7 Å². The predicted octanol–water partition coefficient (Wildman–Crippen LogP) is 0.834. The second-order valence-electron chi connectivity index (χ2n) is 7.10. The van der Waals surface area contributed by atoms with Crippen LogP contribution in [0.5, 0.6) is 0 Å². The highest BCUT2D eigenvalue weighted by atomic mass is 16.2. The van der Waals surface area contributed by atoms with Crippen LogP contribution >= 0.6 is 0 Å². The molecule has 20 heavy (non-hydrogen) atoms. The van der Waals surface area contributed by atoms with Crippen molar-refractivity contribution >= 4 is 5.91 Å². The Labute approximate surface area is 119 Å². The van der Waals surface area contributed by atoms with Gasteiger partial charge in [0.05, 0.1) is 12.2 Å². The Hall–Kier alpha value is -1.43. The number of rotatable bonds is 4. The van der Waals surface area contributed by atoms with E-state index in [0.29, 0.717) is 24.2 Å². The van der Waals surface area contributed by atoms with Gasteiger partial charge in [0, 0.05) is 19.6 Å². The average molecular weight is 277 g/mol. The molecule has 1 aliphatic heterocycles. The fourth-order valence-corrected chi connectivity index (χ4v) is 3.15. The molecular formula is C14H23N5O. The zero-order chi connectivity index (χ0) is 14.5. The predicted molar refractivity (Wildman–Crippen MR) is 75.3 cm³/mol. The van der Waals surface area contributed by atoms with E-state index in [1.54, 1.807) is 10.9 Å². The van der Waals surface area contributed by atoms with Crippen molar-refractivity contribution in [2.75, 3.05) is 19.6 Å². The van der Waals surface area contributed by atoms with Crippen LogP contribution in [0.1, 0.15) is 44.2 Å². The number of hydrogen-bond donors (Lipinski definition) is 2. The van der Waals surface area contributed by atoms with E-state index >= 15 is 0 Å². The molecule has 6 heteroatoms. The summed E-state index contributed by atoms with van der Waals surface area (Å²) in [6.07, 6.45) is 1.74. The van der Waals surface area contributed by atoms with Crippen molar-refractivity contribution in [2.45, 2.75) is 33.7 Å². The molecule has 0 atom stereocenters. The minimum absolute atomic E-state index is 0.123. The molecule has 0 radical (unpaired) electrons. The number of carbonyl (C=O) groups is 1. The molecule has 2 fully saturated rings. The SMILES string of the molecule is CC1(C)C(CNC(=O)c2cn(C3CNC3)nn2)C1(C)C. The highest BCUT2D eigenvalue weighted by molar-refractivity contribution is 5.91. The third kappa shape index (κ3) is 1.93. The minimum atomic E-state index is -0.123. The van der Waals surface area contributed by atoms with Gasteiger partial charge in [0.15, 0.2) is 5.69 Å². The largest absolute Gasteiger partial charge is 0.350 e. The van der Waals surface area contributed by atoms with E-state index in [-0.39, 0.29) is 16.7 Å². The van der Waals surface area contributed by atoms with Crippen molar-refractivity contribution in [3.8, 4) is 0 Å². The second-order valence-corrected chi connectivity index (χ2v) is 7.10. The molecule has 1 saturated heterocycles. The van der Waals surface area contributed by atoms with Crippen LogP contribution in [0.4, 0.5) is 0 Å². The summed E-state index contributed by atoms with van der Waals surface area (Å²) in [6.45, 7) is 11.5. The molecule has 0 spiro atoms. The zero-order valence-corrected chi connectivity index (χ0v) is 12.6. The van der Waals surface area contributed by atoms with Crippen molar-refractivity contribution in [1.82, 2.24) is 25.6 Å². The van der Waals surface area contributed by atoms with Gasteiger partial charge < -0.3 is 10.6 Å². The van der Waals surface area contributed by atoms with Gasteiger partial charge >= 0.3 is 0 Å². The lowest BCUT2D eigenvalue weighted by Crippen LogP contribution is -2.43. The van der Waals surface area contributed by atoms with E-state index in [0.717, 1.165) is 13.1 Å². The highest BCUT2D eigenvalue weighted by Gasteiger charge is 2.64. The van der Waals surface area contributed by atoms with Crippen LogP contribution in [0.2, 0.25) is 0 Å². The zero-order valence-electron chi connectivity index (χ0n) is 12.6. The lowest BCUT2D eigenvalue weighted by molar-refractivity contribution is 0.0944. The molecule has 1 amide bonds. The summed E-state index contributed by atoms with van der Waals surface area (Å²) < 4.78 is 1.77. The standard InChI is InChI=1S/C14H23N5O/c1-13(2)11(14(13,3)4)7-16-12(20)10-8-19(18-17-10)9-5-15-6-9/h8-9,11,15H,5-7H2,1-4H3,(H,16,20). The van der Waals surface area contributed by atoms with Crippen molar-refractivity contribution in [2.24, 2.45) is 16.7 Å². The Kier molecular flexibility index (Phi) is 2.90. The first-order valence-electron chi connectivity index (χ1n) is 7.25. The third-order valence-corrected chi connectivity index (χ3v) is 5.66. The maximum Gasteiger partial charge on any atom is 0.273 e. The average Bonchev–Trinajstić information content (AvgIpc) is 2.69. The number of amides is 1. The van der Waals surface area contributed by atoms with Crippen molar-refractivity contribution in [3.05, 3.63) is 11.9 Å². The van der Waals surface area contributed by atoms with Gasteiger partial charge in [-0.05, 0) is 16.7 Å². The van der Waals surface area contributed by atoms with Crippen LogP contribution in [-0.2, 0) is 0 Å². The number of aromatic nitrogens is 3. The van der Waals surface area contributed by atoms with Crippen LogP contribution in [0.3, 0.4) is 0 Å². The topological polar surface area (TPSA) is 71.8 Å². The Balaban J connectivity index is 1.56. The molecule has 110 valence electrons. The quantitative estimate of drug-likeness (QED) is 0.855. The molecule has 0 bridgehead atoms. The molecule has 2 N–H and O–H groups in total. The lowest BCUT2D eigenvalue weighted by atomic mass is 10.0. The molecular weight excluding hydrogens is 254 g/mol. The molecule has 1 aromatic rings. The summed E-state index contributed by atoms with van der Waals surface area (Å²) >= 11 is 0. The normalized spacial score (nSPS) is 24.2. The second kappa shape index (κ2) is 4.28. The Morgan fingerprint density at radius 1 is 1.40 bits per heavy atom. The van der Waals surface area contributed by atoms with Crippen molar-refractivity contribution in [1.29, 1.82) is 0 Å². The van der Waals surface area contributed by atoms with Crippen LogP contribution in [-0.4, -0.2) is 40.5 Å². The van der Waals surface area contributed by atoms with Gasteiger partial charge in [0.2, 0.25) is 0 Å². The Morgan fingerprint density at radius 2 is 2.05 bits per heavy atom. The summed E-state index contributed by atoms with van der Waals surface area (Å²) in [5, 5.41) is 14.2. The molecule has 2 aliphatic rings. The third-order valence-electron chi connectivity index (χ3n) is 5.66. The number of nitrogens with one attached hydrogen (secondary N) is 2. The fourth-order valence-electron chi connectivity index (χ4n) is 3.15. The summed E-state index contributed by atoms with van der Waals surface area (Å²) in [6, 6.07) is 0.338. The fraction of sp³-hybridized carbons (Fsp3) is 0.786. The summed E-state index contributed by atoms with van der Waals surface area (Å²) in [5.74, 6) is 0.395. The molecule has 1 aromatic heterocycles. The van der Waals surface area contributed by atoms with Crippen molar-refractivity contribution < 1.29 is 4.79 Å². The summed E-state index contributed by atoms with van der Waals surface area (Å²) in [4.78, 5) is 12.1. The van der Waals surface area contributed by atoms with Gasteiger partial charge in [0.1, 0.15) is 0 Å². The first-order chi connectivity index (χ1) is 9.34. The van der Waals surface area contributed by atoms with Crippen LogP contribution in [0.15, 0.2) is 6.20 Å². The van der Waals surface area contributed by atoms with E-state index in [4.69, 9.17) is 0 Å². The maximum atomic E-state index is 12.1. The molecule has 0 unspecified atom stereocenters. The van der Waals surface area contributed by atoms with Gasteiger partial charge in [-0.1, -0.05) is 32.9 Å². The summed E-state index contributed by atoms with van der Waals surface area (Å²) in [7, 11) is 0. The molecule has 1 saturated carbocycles. The summed E-state index contributed by atoms with van der Waals surface area (Å²) in [5.41, 5.74) is 0.985. The Morgan fingerprint density at radius 3 is 2.55 bits per heavy atom. The number of carbonyl (C=O) groups excluding carboxylic acids is 1. The highest BCUT2D eigenvalue weighted by Crippen LogP contribution is 2.67. The van der Waals surface area contributed by atoms with Crippen LogP contribution in [0.25, 0.3) is 0 Å². The van der Waals surface area contributed by atoms with Gasteiger partial charge in [-0.2, -0.15) is 0 Å².